The molecule has 1 saturated heterocycles. The van der Waals surface area contributed by atoms with Crippen molar-refractivity contribution in [2.45, 2.75) is 50.0 Å². The fourth-order valence-corrected chi connectivity index (χ4v) is 4.82. The van der Waals surface area contributed by atoms with E-state index in [4.69, 9.17) is 0 Å². The van der Waals surface area contributed by atoms with Crippen molar-refractivity contribution in [2.75, 3.05) is 18.4 Å². The lowest BCUT2D eigenvalue weighted by Gasteiger charge is -2.36. The van der Waals surface area contributed by atoms with Crippen LogP contribution >= 0.6 is 0 Å². The first-order valence-electron chi connectivity index (χ1n) is 9.82. The molecule has 0 unspecified atom stereocenters. The minimum atomic E-state index is -3.64. The second-order valence-corrected chi connectivity index (χ2v) is 9.92. The number of piperidine rings is 1. The van der Waals surface area contributed by atoms with E-state index in [1.54, 1.807) is 24.3 Å². The third-order valence-corrected chi connectivity index (χ3v) is 7.38. The molecule has 1 aliphatic heterocycles. The van der Waals surface area contributed by atoms with E-state index in [0.717, 1.165) is 11.1 Å². The van der Waals surface area contributed by atoms with E-state index in [1.165, 1.54) is 4.31 Å². The number of aryl methyl sites for hydroxylation is 1. The number of nitrogens with one attached hydrogen (secondary N) is 1. The minimum absolute atomic E-state index is 0.0496. The molecule has 1 aliphatic rings. The Bertz CT molecular complexity index is 959. The van der Waals surface area contributed by atoms with Gasteiger partial charge in [0.25, 0.3) is 5.91 Å². The number of nitrogens with zero attached hydrogens (tertiary/aromatic N) is 1. The zero-order chi connectivity index (χ0) is 21.2. The highest BCUT2D eigenvalue weighted by Crippen LogP contribution is 2.28. The van der Waals surface area contributed by atoms with Gasteiger partial charge in [0.1, 0.15) is 5.60 Å². The zero-order valence-electron chi connectivity index (χ0n) is 17.1. The molecule has 2 aromatic carbocycles. The van der Waals surface area contributed by atoms with Crippen molar-refractivity contribution < 1.29 is 18.3 Å². The van der Waals surface area contributed by atoms with Crippen LogP contribution in [0.4, 0.5) is 5.69 Å². The first kappa shape index (κ1) is 21.5. The molecule has 29 heavy (non-hydrogen) atoms. The second kappa shape index (κ2) is 8.26. The minimum Gasteiger partial charge on any atom is -0.380 e. The van der Waals surface area contributed by atoms with Gasteiger partial charge in [-0.15, -0.1) is 0 Å². The maximum absolute atomic E-state index is 12.8. The van der Waals surface area contributed by atoms with Crippen LogP contribution in [0.3, 0.4) is 0 Å². The summed E-state index contributed by atoms with van der Waals surface area (Å²) in [6, 6.07) is 14.2. The maximum atomic E-state index is 12.8. The SMILES string of the molecule is Cc1ccc(S(=O)(=O)N2CCC(O)(C(=O)Nc3ccc(C(C)C)cc3)CC2)cc1. The van der Waals surface area contributed by atoms with Gasteiger partial charge in [0, 0.05) is 18.8 Å². The van der Waals surface area contributed by atoms with E-state index in [9.17, 15) is 18.3 Å². The van der Waals surface area contributed by atoms with Crippen molar-refractivity contribution in [1.82, 2.24) is 4.31 Å². The molecule has 1 fully saturated rings. The fourth-order valence-electron chi connectivity index (χ4n) is 3.38. The molecule has 0 atom stereocenters. The van der Waals surface area contributed by atoms with Crippen molar-refractivity contribution in [3.63, 3.8) is 0 Å². The van der Waals surface area contributed by atoms with Gasteiger partial charge in [-0.05, 0) is 55.5 Å². The molecule has 1 amide bonds. The highest BCUT2D eigenvalue weighted by atomic mass is 32.2. The molecule has 0 saturated carbocycles. The van der Waals surface area contributed by atoms with Crippen molar-refractivity contribution in [1.29, 1.82) is 0 Å². The largest absolute Gasteiger partial charge is 0.380 e. The molecule has 3 rings (SSSR count). The lowest BCUT2D eigenvalue weighted by molar-refractivity contribution is -0.137. The summed E-state index contributed by atoms with van der Waals surface area (Å²) >= 11 is 0. The molecule has 0 bridgehead atoms. The summed E-state index contributed by atoms with van der Waals surface area (Å²) in [4.78, 5) is 12.9. The number of carbonyl (C=O) groups is 1. The number of hydrogen-bond donors (Lipinski definition) is 2. The monoisotopic (exact) mass is 416 g/mol. The van der Waals surface area contributed by atoms with Gasteiger partial charge in [0.05, 0.1) is 4.90 Å². The average Bonchev–Trinajstić information content (AvgIpc) is 2.69. The van der Waals surface area contributed by atoms with Gasteiger partial charge in [-0.25, -0.2) is 8.42 Å². The highest BCUT2D eigenvalue weighted by molar-refractivity contribution is 7.89. The second-order valence-electron chi connectivity index (χ2n) is 7.98. The van der Waals surface area contributed by atoms with Crippen molar-refractivity contribution in [2.24, 2.45) is 0 Å². The predicted molar refractivity (Wildman–Crippen MR) is 113 cm³/mol. The van der Waals surface area contributed by atoms with E-state index in [1.807, 2.05) is 31.2 Å². The maximum Gasteiger partial charge on any atom is 0.256 e. The van der Waals surface area contributed by atoms with E-state index in [0.29, 0.717) is 11.6 Å². The van der Waals surface area contributed by atoms with Crippen LogP contribution in [0.5, 0.6) is 0 Å². The third-order valence-electron chi connectivity index (χ3n) is 5.47. The van der Waals surface area contributed by atoms with Crippen molar-refractivity contribution >= 4 is 21.6 Å². The summed E-state index contributed by atoms with van der Waals surface area (Å²) < 4.78 is 26.9. The molecule has 2 aromatic rings. The number of amides is 1. The van der Waals surface area contributed by atoms with Crippen LogP contribution in [-0.2, 0) is 14.8 Å². The molecule has 1 heterocycles. The van der Waals surface area contributed by atoms with E-state index < -0.39 is 21.5 Å². The number of hydrogen-bond acceptors (Lipinski definition) is 4. The molecule has 0 radical (unpaired) electrons. The Morgan fingerprint density at radius 2 is 1.59 bits per heavy atom. The van der Waals surface area contributed by atoms with Gasteiger partial charge in [-0.3, -0.25) is 4.79 Å². The first-order valence-corrected chi connectivity index (χ1v) is 11.3. The molecule has 156 valence electrons. The summed E-state index contributed by atoms with van der Waals surface area (Å²) in [5.74, 6) is -0.106. The molecule has 0 aromatic heterocycles. The number of aliphatic hydroxyl groups is 1. The summed E-state index contributed by atoms with van der Waals surface area (Å²) in [6.45, 7) is 6.26. The molecule has 0 aliphatic carbocycles. The molecule has 2 N–H and O–H groups in total. The smallest absolute Gasteiger partial charge is 0.256 e. The lowest BCUT2D eigenvalue weighted by Crippen LogP contribution is -2.52. The number of rotatable bonds is 5. The Labute approximate surface area is 172 Å². The summed E-state index contributed by atoms with van der Waals surface area (Å²) in [7, 11) is -3.64. The topological polar surface area (TPSA) is 86.7 Å². The number of sulfonamides is 1. The van der Waals surface area contributed by atoms with E-state index >= 15 is 0 Å². The lowest BCUT2D eigenvalue weighted by atomic mass is 9.91. The fraction of sp³-hybridized carbons (Fsp3) is 0.409. The van der Waals surface area contributed by atoms with Gasteiger partial charge >= 0.3 is 0 Å². The molecule has 7 heteroatoms. The van der Waals surface area contributed by atoms with Crippen LogP contribution in [0.25, 0.3) is 0 Å². The van der Waals surface area contributed by atoms with Crippen LogP contribution in [-0.4, -0.2) is 42.4 Å². The van der Waals surface area contributed by atoms with Crippen LogP contribution in [0.15, 0.2) is 53.4 Å². The van der Waals surface area contributed by atoms with Crippen molar-refractivity contribution in [3.05, 3.63) is 59.7 Å². The van der Waals surface area contributed by atoms with E-state index in [2.05, 4.69) is 19.2 Å². The van der Waals surface area contributed by atoms with Crippen LogP contribution in [0.2, 0.25) is 0 Å². The summed E-state index contributed by atoms with van der Waals surface area (Å²) in [5.41, 5.74) is 1.17. The average molecular weight is 417 g/mol. The quantitative estimate of drug-likeness (QED) is 0.783. The predicted octanol–water partition coefficient (Wildman–Crippen LogP) is 3.27. The van der Waals surface area contributed by atoms with E-state index in [-0.39, 0.29) is 30.8 Å². The summed E-state index contributed by atoms with van der Waals surface area (Å²) in [5, 5.41) is 13.6. The Balaban J connectivity index is 1.65. The number of carbonyl (C=O) groups excluding carboxylic acids is 1. The third kappa shape index (κ3) is 4.69. The Morgan fingerprint density at radius 3 is 2.10 bits per heavy atom. The van der Waals surface area contributed by atoms with Crippen LogP contribution in [0.1, 0.15) is 43.7 Å². The standard InChI is InChI=1S/C22H28N2O4S/c1-16(2)18-6-8-19(9-7-18)23-21(25)22(26)12-14-24(15-13-22)29(27,28)20-10-4-17(3)5-11-20/h4-11,16,26H,12-15H2,1-3H3,(H,23,25). The van der Waals surface area contributed by atoms with Crippen LogP contribution < -0.4 is 5.32 Å². The van der Waals surface area contributed by atoms with Gasteiger partial charge in [0.15, 0.2) is 0 Å². The zero-order valence-corrected chi connectivity index (χ0v) is 17.9. The normalized spacial score (nSPS) is 17.3. The molecular formula is C22H28N2O4S. The molecule has 6 nitrogen and oxygen atoms in total. The van der Waals surface area contributed by atoms with Gasteiger partial charge in [0.2, 0.25) is 10.0 Å². The highest BCUT2D eigenvalue weighted by Gasteiger charge is 2.42. The van der Waals surface area contributed by atoms with Gasteiger partial charge in [-0.1, -0.05) is 43.7 Å². The Morgan fingerprint density at radius 1 is 1.03 bits per heavy atom. The number of anilines is 1. The van der Waals surface area contributed by atoms with Crippen molar-refractivity contribution in [3.8, 4) is 0 Å². The first-order chi connectivity index (χ1) is 13.6. The molecule has 0 spiro atoms. The van der Waals surface area contributed by atoms with Crippen LogP contribution in [0, 0.1) is 6.92 Å². The van der Waals surface area contributed by atoms with Gasteiger partial charge < -0.3 is 10.4 Å². The molecular weight excluding hydrogens is 388 g/mol. The Hall–Kier alpha value is -2.22. The summed E-state index contributed by atoms with van der Waals surface area (Å²) in [6.07, 6.45) is 0.0992. The number of benzene rings is 2. The van der Waals surface area contributed by atoms with Gasteiger partial charge in [-0.2, -0.15) is 4.31 Å². The Kier molecular flexibility index (Phi) is 6.12.